The van der Waals surface area contributed by atoms with Crippen LogP contribution in [0, 0.1) is 0 Å². The molecule has 1 aromatic heterocycles. The second-order valence-electron chi connectivity index (χ2n) is 5.14. The number of ether oxygens (including phenoxy) is 4. The Kier molecular flexibility index (Phi) is 3.51. The third-order valence-corrected chi connectivity index (χ3v) is 3.53. The Morgan fingerprint density at radius 1 is 1.50 bits per heavy atom. The monoisotopic (exact) mass is 300 g/mol. The van der Waals surface area contributed by atoms with Gasteiger partial charge in [0.2, 0.25) is 0 Å². The number of hydrogen-bond acceptors (Lipinski definition) is 7. The zero-order chi connectivity index (χ0) is 14.3. The smallest absolute Gasteiger partial charge is 0.269 e. The van der Waals surface area contributed by atoms with Gasteiger partial charge in [-0.05, 0) is 26.1 Å². The molecule has 110 valence electrons. The van der Waals surface area contributed by atoms with Crippen molar-refractivity contribution < 1.29 is 24.1 Å². The van der Waals surface area contributed by atoms with Gasteiger partial charge in [-0.1, -0.05) is 0 Å². The summed E-state index contributed by atoms with van der Waals surface area (Å²) in [6.45, 7) is 3.40. The van der Waals surface area contributed by atoms with Crippen LogP contribution in [0.3, 0.4) is 0 Å². The van der Waals surface area contributed by atoms with Gasteiger partial charge in [0.25, 0.3) is 5.17 Å². The zero-order valence-electron chi connectivity index (χ0n) is 11.1. The van der Waals surface area contributed by atoms with Gasteiger partial charge < -0.3 is 24.1 Å². The van der Waals surface area contributed by atoms with E-state index in [9.17, 15) is 5.11 Å². The highest BCUT2D eigenvalue weighted by Gasteiger charge is 2.56. The molecule has 3 rings (SSSR count). The third-order valence-electron chi connectivity index (χ3n) is 3.22. The molecule has 1 unspecified atom stereocenters. The first-order valence-corrected chi connectivity index (χ1v) is 6.72. The van der Waals surface area contributed by atoms with E-state index in [1.807, 2.05) is 0 Å². The molecule has 0 aromatic carbocycles. The number of aliphatic hydroxyl groups is 1. The van der Waals surface area contributed by atoms with Crippen molar-refractivity contribution in [2.24, 2.45) is 0 Å². The summed E-state index contributed by atoms with van der Waals surface area (Å²) in [6, 6.07) is 0. The quantitative estimate of drug-likeness (QED) is 0.786. The van der Waals surface area contributed by atoms with Crippen LogP contribution in [-0.4, -0.2) is 56.8 Å². The predicted octanol–water partition coefficient (Wildman–Crippen LogP) is 0.270. The number of nitrogens with zero attached hydrogens (tertiary/aromatic N) is 2. The lowest BCUT2D eigenvalue weighted by molar-refractivity contribution is -0.217. The van der Waals surface area contributed by atoms with Crippen LogP contribution in [0.2, 0.25) is 0 Å². The van der Waals surface area contributed by atoms with E-state index in [-0.39, 0.29) is 11.8 Å². The fraction of sp³-hybridized carbons (Fsp3) is 0.667. The Morgan fingerprint density at radius 2 is 2.30 bits per heavy atom. The van der Waals surface area contributed by atoms with Crippen molar-refractivity contribution in [3.8, 4) is 0 Å². The first-order valence-electron chi connectivity index (χ1n) is 6.31. The Labute approximate surface area is 121 Å². The van der Waals surface area contributed by atoms with Gasteiger partial charge in [0, 0.05) is 12.4 Å². The second kappa shape index (κ2) is 5.05. The van der Waals surface area contributed by atoms with Crippen LogP contribution < -0.4 is 0 Å². The summed E-state index contributed by atoms with van der Waals surface area (Å²) >= 11 is 5.20. The lowest BCUT2D eigenvalue weighted by atomic mass is 10.1. The van der Waals surface area contributed by atoms with Crippen molar-refractivity contribution in [1.29, 1.82) is 0 Å². The van der Waals surface area contributed by atoms with Crippen LogP contribution >= 0.6 is 12.2 Å². The molecule has 2 fully saturated rings. The maximum absolute atomic E-state index is 9.39. The fourth-order valence-electron chi connectivity index (χ4n) is 2.38. The molecule has 8 heteroatoms. The first-order chi connectivity index (χ1) is 9.50. The predicted molar refractivity (Wildman–Crippen MR) is 70.9 cm³/mol. The molecule has 0 saturated carbocycles. The second-order valence-corrected chi connectivity index (χ2v) is 5.49. The molecular weight excluding hydrogens is 284 g/mol. The highest BCUT2D eigenvalue weighted by molar-refractivity contribution is 7.80. The number of rotatable bonds is 2. The molecule has 0 spiro atoms. The van der Waals surface area contributed by atoms with Crippen molar-refractivity contribution in [3.05, 3.63) is 18.7 Å². The Bertz CT molecular complexity index is 492. The minimum Gasteiger partial charge on any atom is -0.461 e. The standard InChI is InChI=1S/C12H16N2O5S/c1-12(2)18-9-8(7(5-15)16-10(9)19-12)17-11(20)14-4-3-13-6-14/h3-4,6-10,15H,5H2,1-2H3/t7-,8+,9?,10+/m1/s1. The minimum atomic E-state index is -0.742. The van der Waals surface area contributed by atoms with Gasteiger partial charge in [0.05, 0.1) is 6.61 Å². The van der Waals surface area contributed by atoms with E-state index in [2.05, 4.69) is 4.98 Å². The normalized spacial score (nSPS) is 35.0. The van der Waals surface area contributed by atoms with E-state index in [0.29, 0.717) is 0 Å². The molecule has 20 heavy (non-hydrogen) atoms. The number of imidazole rings is 1. The van der Waals surface area contributed by atoms with Gasteiger partial charge in [0.1, 0.15) is 12.4 Å². The highest BCUT2D eigenvalue weighted by Crippen LogP contribution is 2.38. The lowest BCUT2D eigenvalue weighted by Gasteiger charge is -2.25. The van der Waals surface area contributed by atoms with Crippen LogP contribution in [0.25, 0.3) is 0 Å². The summed E-state index contributed by atoms with van der Waals surface area (Å²) in [7, 11) is 0. The highest BCUT2D eigenvalue weighted by atomic mass is 32.1. The van der Waals surface area contributed by atoms with E-state index in [1.54, 1.807) is 37.1 Å². The van der Waals surface area contributed by atoms with E-state index in [4.69, 9.17) is 31.2 Å². The molecule has 0 radical (unpaired) electrons. The molecule has 1 N–H and O–H groups in total. The summed E-state index contributed by atoms with van der Waals surface area (Å²) in [5.41, 5.74) is 0. The summed E-state index contributed by atoms with van der Waals surface area (Å²) in [6.07, 6.45) is 2.77. The first kappa shape index (κ1) is 13.9. The lowest BCUT2D eigenvalue weighted by Crippen LogP contribution is -2.40. The van der Waals surface area contributed by atoms with Gasteiger partial charge in [-0.2, -0.15) is 0 Å². The van der Waals surface area contributed by atoms with Crippen LogP contribution in [0.4, 0.5) is 0 Å². The third kappa shape index (κ3) is 2.45. The summed E-state index contributed by atoms with van der Waals surface area (Å²) in [4.78, 5) is 3.91. The van der Waals surface area contributed by atoms with Crippen molar-refractivity contribution in [1.82, 2.24) is 9.55 Å². The van der Waals surface area contributed by atoms with E-state index in [0.717, 1.165) is 0 Å². The van der Waals surface area contributed by atoms with Crippen LogP contribution in [0.15, 0.2) is 18.7 Å². The molecular formula is C12H16N2O5S. The number of aromatic nitrogens is 2. The Hall–Kier alpha value is -1.06. The minimum absolute atomic E-state index is 0.197. The van der Waals surface area contributed by atoms with Crippen molar-refractivity contribution in [2.75, 3.05) is 6.61 Å². The zero-order valence-corrected chi connectivity index (χ0v) is 11.9. The van der Waals surface area contributed by atoms with E-state index < -0.39 is 30.4 Å². The van der Waals surface area contributed by atoms with Gasteiger partial charge in [-0.25, -0.2) is 4.98 Å². The summed E-state index contributed by atoms with van der Waals surface area (Å²) in [5, 5.41) is 9.61. The topological polar surface area (TPSA) is 75.0 Å². The summed E-state index contributed by atoms with van der Waals surface area (Å²) in [5.74, 6) is -0.742. The summed E-state index contributed by atoms with van der Waals surface area (Å²) < 4.78 is 24.3. The number of thiocarbonyl (C=S) groups is 1. The van der Waals surface area contributed by atoms with Crippen LogP contribution in [0.1, 0.15) is 13.8 Å². The molecule has 7 nitrogen and oxygen atoms in total. The van der Waals surface area contributed by atoms with Crippen molar-refractivity contribution >= 4 is 17.4 Å². The Balaban J connectivity index is 1.74. The number of hydrogen-bond donors (Lipinski definition) is 1. The maximum atomic E-state index is 9.39. The van der Waals surface area contributed by atoms with Crippen molar-refractivity contribution in [2.45, 2.75) is 44.2 Å². The maximum Gasteiger partial charge on any atom is 0.269 e. The van der Waals surface area contributed by atoms with Crippen LogP contribution in [0.5, 0.6) is 0 Å². The van der Waals surface area contributed by atoms with Gasteiger partial charge in [-0.3, -0.25) is 4.57 Å². The van der Waals surface area contributed by atoms with Gasteiger partial charge >= 0.3 is 0 Å². The van der Waals surface area contributed by atoms with Gasteiger partial charge in [0.15, 0.2) is 24.3 Å². The number of fused-ring (bicyclic) bond motifs is 1. The largest absolute Gasteiger partial charge is 0.461 e. The molecule has 2 aliphatic heterocycles. The molecule has 4 atom stereocenters. The van der Waals surface area contributed by atoms with Crippen LogP contribution in [-0.2, 0) is 18.9 Å². The SMILES string of the molecule is CC1(C)OC2[C@@H](O[C@H](CO)[C@@H]2OC(=S)n2ccnc2)O1. The molecule has 0 aliphatic carbocycles. The molecule has 0 bridgehead atoms. The Morgan fingerprint density at radius 3 is 2.95 bits per heavy atom. The molecule has 0 amide bonds. The van der Waals surface area contributed by atoms with E-state index in [1.165, 1.54) is 0 Å². The molecule has 1 aromatic rings. The molecule has 3 heterocycles. The average Bonchev–Trinajstić information content (AvgIpc) is 3.05. The number of aliphatic hydroxyl groups excluding tert-OH is 1. The average molecular weight is 300 g/mol. The fourth-order valence-corrected chi connectivity index (χ4v) is 2.60. The van der Waals surface area contributed by atoms with Crippen molar-refractivity contribution in [3.63, 3.8) is 0 Å². The van der Waals surface area contributed by atoms with E-state index >= 15 is 0 Å². The molecule has 2 saturated heterocycles. The van der Waals surface area contributed by atoms with Gasteiger partial charge in [-0.15, -0.1) is 0 Å². The molecule has 2 aliphatic rings.